The van der Waals surface area contributed by atoms with Crippen molar-refractivity contribution in [2.45, 2.75) is 36.5 Å². The van der Waals surface area contributed by atoms with Crippen molar-refractivity contribution in [3.8, 4) is 17.6 Å². The summed E-state index contributed by atoms with van der Waals surface area (Å²) in [6.45, 7) is 0.220. The van der Waals surface area contributed by atoms with Gasteiger partial charge in [-0.1, -0.05) is 12.0 Å². The van der Waals surface area contributed by atoms with Crippen molar-refractivity contribution >= 4 is 32.3 Å². The summed E-state index contributed by atoms with van der Waals surface area (Å²) in [5.74, 6) is 6.06. The van der Waals surface area contributed by atoms with E-state index in [0.29, 0.717) is 35.6 Å². The molecule has 2 N–H and O–H groups in total. The van der Waals surface area contributed by atoms with Crippen molar-refractivity contribution in [1.29, 1.82) is 0 Å². The Morgan fingerprint density at radius 1 is 1.13 bits per heavy atom. The highest BCUT2D eigenvalue weighted by Gasteiger charge is 2.30. The molecule has 1 saturated heterocycles. The molecule has 0 aliphatic carbocycles. The summed E-state index contributed by atoms with van der Waals surface area (Å²) in [4.78, 5) is 0.0721. The molecule has 0 radical (unpaired) electrons. The summed E-state index contributed by atoms with van der Waals surface area (Å²) in [6, 6.07) is 11.5. The monoisotopic (exact) mass is 564 g/mol. The van der Waals surface area contributed by atoms with Gasteiger partial charge in [0.1, 0.15) is 12.3 Å². The van der Waals surface area contributed by atoms with Gasteiger partial charge in [-0.3, -0.25) is 0 Å². The first kappa shape index (κ1) is 28.6. The second kappa shape index (κ2) is 11.8. The molecule has 0 atom stereocenters. The SMILES string of the molecule is COc1cc(S(=O)(=O)N(C)C)ccc1NCC#Cc1cc2c(NC3CCOCC3)cccc2n1CC(F)(F)F. The zero-order valence-electron chi connectivity index (χ0n) is 21.9. The van der Waals surface area contributed by atoms with Gasteiger partial charge in [-0.2, -0.15) is 13.2 Å². The number of fused-ring (bicyclic) bond motifs is 1. The van der Waals surface area contributed by atoms with Crippen LogP contribution >= 0.6 is 0 Å². The molecule has 8 nitrogen and oxygen atoms in total. The predicted octanol–water partition coefficient (Wildman–Crippen LogP) is 4.52. The molecule has 1 aliphatic rings. The van der Waals surface area contributed by atoms with Crippen molar-refractivity contribution in [2.75, 3.05) is 51.6 Å². The lowest BCUT2D eigenvalue weighted by Gasteiger charge is -2.24. The molecule has 39 heavy (non-hydrogen) atoms. The molecule has 1 aromatic heterocycles. The topological polar surface area (TPSA) is 84.8 Å². The zero-order chi connectivity index (χ0) is 28.2. The zero-order valence-corrected chi connectivity index (χ0v) is 22.7. The number of aromatic nitrogens is 1. The first-order chi connectivity index (χ1) is 18.5. The highest BCUT2D eigenvalue weighted by molar-refractivity contribution is 7.89. The third-order valence-electron chi connectivity index (χ3n) is 6.40. The lowest BCUT2D eigenvalue weighted by atomic mass is 10.1. The van der Waals surface area contributed by atoms with Crippen LogP contribution in [-0.4, -0.2) is 70.5 Å². The molecule has 4 rings (SSSR count). The first-order valence-corrected chi connectivity index (χ1v) is 13.8. The second-order valence-corrected chi connectivity index (χ2v) is 11.5. The molecule has 0 saturated carbocycles. The van der Waals surface area contributed by atoms with Crippen molar-refractivity contribution < 1.29 is 31.1 Å². The molecule has 0 bridgehead atoms. The number of rotatable bonds is 8. The van der Waals surface area contributed by atoms with E-state index < -0.39 is 22.7 Å². The van der Waals surface area contributed by atoms with Gasteiger partial charge < -0.3 is 24.7 Å². The van der Waals surface area contributed by atoms with Gasteiger partial charge in [0.25, 0.3) is 0 Å². The number of methoxy groups -OCH3 is 1. The van der Waals surface area contributed by atoms with E-state index in [1.54, 1.807) is 24.3 Å². The van der Waals surface area contributed by atoms with Crippen LogP contribution in [0.3, 0.4) is 0 Å². The Bertz CT molecular complexity index is 1480. The Hall–Kier alpha value is -3.40. The van der Waals surface area contributed by atoms with E-state index in [1.165, 1.54) is 37.9 Å². The fourth-order valence-electron chi connectivity index (χ4n) is 4.39. The van der Waals surface area contributed by atoms with Crippen LogP contribution in [0.1, 0.15) is 18.5 Å². The van der Waals surface area contributed by atoms with Crippen LogP contribution < -0.4 is 15.4 Å². The summed E-state index contributed by atoms with van der Waals surface area (Å²) in [6.07, 6.45) is -2.78. The maximum absolute atomic E-state index is 13.5. The molecule has 12 heteroatoms. The van der Waals surface area contributed by atoms with Crippen LogP contribution in [0.5, 0.6) is 5.75 Å². The van der Waals surface area contributed by atoms with Gasteiger partial charge in [0.15, 0.2) is 0 Å². The van der Waals surface area contributed by atoms with Crippen molar-refractivity contribution in [2.24, 2.45) is 0 Å². The number of hydrogen-bond acceptors (Lipinski definition) is 6. The Labute approximate surface area is 226 Å². The number of nitrogens with zero attached hydrogens (tertiary/aromatic N) is 2. The van der Waals surface area contributed by atoms with Crippen molar-refractivity contribution in [1.82, 2.24) is 8.87 Å². The summed E-state index contributed by atoms with van der Waals surface area (Å²) >= 11 is 0. The van der Waals surface area contributed by atoms with E-state index in [-0.39, 0.29) is 23.2 Å². The molecule has 0 spiro atoms. The normalized spacial score (nSPS) is 14.7. The predicted molar refractivity (Wildman–Crippen MR) is 145 cm³/mol. The van der Waals surface area contributed by atoms with Gasteiger partial charge >= 0.3 is 6.18 Å². The van der Waals surface area contributed by atoms with Gasteiger partial charge in [0, 0.05) is 50.5 Å². The standard InChI is InChI=1S/C27H31F3N4O4S/c1-33(2)39(35,36)21-9-10-24(26(17-21)37-3)31-13-5-6-20-16-22-23(32-19-11-14-38-15-12-19)7-4-8-25(22)34(20)18-27(28,29)30/h4,7-10,16-17,19,31-32H,11-15,18H2,1-3H3. The highest BCUT2D eigenvalue weighted by Crippen LogP contribution is 2.31. The average molecular weight is 565 g/mol. The molecule has 2 aromatic carbocycles. The van der Waals surface area contributed by atoms with E-state index in [1.807, 2.05) is 6.07 Å². The lowest BCUT2D eigenvalue weighted by molar-refractivity contribution is -0.140. The summed E-state index contributed by atoms with van der Waals surface area (Å²) in [5.41, 5.74) is 1.95. The smallest absolute Gasteiger partial charge is 0.406 e. The van der Waals surface area contributed by atoms with Crippen LogP contribution in [0, 0.1) is 11.8 Å². The van der Waals surface area contributed by atoms with E-state index in [2.05, 4.69) is 22.5 Å². The van der Waals surface area contributed by atoms with Crippen molar-refractivity contribution in [3.63, 3.8) is 0 Å². The molecule has 1 aliphatic heterocycles. The number of anilines is 2. The van der Waals surface area contributed by atoms with Crippen LogP contribution in [0.2, 0.25) is 0 Å². The van der Waals surface area contributed by atoms with Gasteiger partial charge in [-0.25, -0.2) is 12.7 Å². The summed E-state index contributed by atoms with van der Waals surface area (Å²) < 4.78 is 78.3. The Balaban J connectivity index is 1.59. The van der Waals surface area contributed by atoms with Crippen LogP contribution in [-0.2, 0) is 21.3 Å². The fraction of sp³-hybridized carbons (Fsp3) is 0.407. The lowest BCUT2D eigenvalue weighted by Crippen LogP contribution is -2.27. The second-order valence-electron chi connectivity index (χ2n) is 9.31. The number of halogens is 3. The van der Waals surface area contributed by atoms with Gasteiger partial charge in [0.2, 0.25) is 10.0 Å². The molecule has 2 heterocycles. The van der Waals surface area contributed by atoms with Crippen LogP contribution in [0.4, 0.5) is 24.5 Å². The molecule has 0 amide bonds. The molecular weight excluding hydrogens is 533 g/mol. The minimum atomic E-state index is -4.42. The molecule has 1 fully saturated rings. The molecular formula is C27H31F3N4O4S. The first-order valence-electron chi connectivity index (χ1n) is 12.4. The number of ether oxygens (including phenoxy) is 2. The largest absolute Gasteiger partial charge is 0.495 e. The summed E-state index contributed by atoms with van der Waals surface area (Å²) in [5, 5.41) is 7.17. The number of benzene rings is 2. The highest BCUT2D eigenvalue weighted by atomic mass is 32.2. The maximum Gasteiger partial charge on any atom is 0.406 e. The van der Waals surface area contributed by atoms with E-state index in [4.69, 9.17) is 9.47 Å². The molecule has 210 valence electrons. The molecule has 3 aromatic rings. The number of hydrogen-bond donors (Lipinski definition) is 2. The van der Waals surface area contributed by atoms with Gasteiger partial charge in [-0.15, -0.1) is 0 Å². The third-order valence-corrected chi connectivity index (χ3v) is 8.21. The van der Waals surface area contributed by atoms with Gasteiger partial charge in [0.05, 0.1) is 35.4 Å². The minimum Gasteiger partial charge on any atom is -0.495 e. The quantitative estimate of drug-likeness (QED) is 0.392. The van der Waals surface area contributed by atoms with Crippen LogP contribution in [0.25, 0.3) is 10.9 Å². The summed E-state index contributed by atoms with van der Waals surface area (Å²) in [7, 11) is 0.647. The minimum absolute atomic E-state index is 0.0721. The van der Waals surface area contributed by atoms with E-state index >= 15 is 0 Å². The fourth-order valence-corrected chi connectivity index (χ4v) is 5.31. The Morgan fingerprint density at radius 3 is 2.54 bits per heavy atom. The van der Waals surface area contributed by atoms with E-state index in [9.17, 15) is 21.6 Å². The third kappa shape index (κ3) is 6.79. The Morgan fingerprint density at radius 2 is 1.87 bits per heavy atom. The average Bonchev–Trinajstić information content (AvgIpc) is 3.23. The maximum atomic E-state index is 13.5. The molecule has 0 unspecified atom stereocenters. The number of sulfonamides is 1. The van der Waals surface area contributed by atoms with Gasteiger partial charge in [-0.05, 0) is 49.1 Å². The number of alkyl halides is 3. The van der Waals surface area contributed by atoms with Crippen molar-refractivity contribution in [3.05, 3.63) is 48.2 Å². The van der Waals surface area contributed by atoms with E-state index in [0.717, 1.165) is 22.8 Å². The Kier molecular flexibility index (Phi) is 8.64. The number of nitrogens with one attached hydrogen (secondary N) is 2. The van der Waals surface area contributed by atoms with Crippen LogP contribution in [0.15, 0.2) is 47.4 Å².